The molecule has 2 aromatic carbocycles. The van der Waals surface area contributed by atoms with Crippen LogP contribution in [0.15, 0.2) is 42.5 Å². The molecule has 0 fully saturated rings. The number of carbonyl (C=O) groups is 1. The molecule has 2 N–H and O–H groups in total. The number of hydrogen-bond acceptors (Lipinski definition) is 5. The van der Waals surface area contributed by atoms with Crippen LogP contribution in [0.2, 0.25) is 0 Å². The first-order valence-electron chi connectivity index (χ1n) is 11.0. The third kappa shape index (κ3) is 3.52. The Morgan fingerprint density at radius 3 is 2.91 bits per heavy atom. The van der Waals surface area contributed by atoms with E-state index in [2.05, 4.69) is 10.3 Å². The summed E-state index contributed by atoms with van der Waals surface area (Å²) < 4.78 is 10.8. The molecule has 0 spiro atoms. The second kappa shape index (κ2) is 7.98. The number of fused-ring (bicyclic) bond motifs is 3. The second-order valence-electron chi connectivity index (χ2n) is 8.25. The van der Waals surface area contributed by atoms with Crippen molar-refractivity contribution in [3.8, 4) is 22.9 Å². The molecule has 162 valence electrons. The Morgan fingerprint density at radius 1 is 1.09 bits per heavy atom. The maximum Gasteiger partial charge on any atom is 0.231 e. The van der Waals surface area contributed by atoms with Crippen molar-refractivity contribution in [1.82, 2.24) is 9.97 Å². The van der Waals surface area contributed by atoms with Gasteiger partial charge < -0.3 is 19.8 Å². The van der Waals surface area contributed by atoms with Gasteiger partial charge in [0, 0.05) is 11.3 Å². The molecule has 0 saturated carbocycles. The van der Waals surface area contributed by atoms with Crippen LogP contribution in [-0.2, 0) is 24.1 Å². The molecule has 1 aliphatic heterocycles. The number of anilines is 1. The van der Waals surface area contributed by atoms with E-state index in [9.17, 15) is 4.79 Å². The molecule has 32 heavy (non-hydrogen) atoms. The number of thiophene rings is 1. The number of hydrogen-bond donors (Lipinski definition) is 2. The highest BCUT2D eigenvalue weighted by Gasteiger charge is 2.25. The number of aryl methyl sites for hydroxylation is 2. The van der Waals surface area contributed by atoms with Crippen molar-refractivity contribution < 1.29 is 14.3 Å². The molecule has 1 aliphatic carbocycles. The summed E-state index contributed by atoms with van der Waals surface area (Å²) in [5.74, 6) is 2.37. The maximum absolute atomic E-state index is 12.9. The van der Waals surface area contributed by atoms with Crippen LogP contribution in [0.25, 0.3) is 22.4 Å². The zero-order valence-electron chi connectivity index (χ0n) is 17.6. The first-order chi connectivity index (χ1) is 15.7. The quantitative estimate of drug-likeness (QED) is 0.427. The zero-order valence-corrected chi connectivity index (χ0v) is 18.4. The van der Waals surface area contributed by atoms with Gasteiger partial charge >= 0.3 is 0 Å². The van der Waals surface area contributed by atoms with Crippen LogP contribution in [0, 0.1) is 0 Å². The van der Waals surface area contributed by atoms with Crippen molar-refractivity contribution in [3.63, 3.8) is 0 Å². The third-order valence-electron chi connectivity index (χ3n) is 6.13. The molecule has 2 aromatic heterocycles. The number of carbonyl (C=O) groups excluding carboxylic acids is 1. The van der Waals surface area contributed by atoms with E-state index in [-0.39, 0.29) is 12.7 Å². The van der Waals surface area contributed by atoms with Gasteiger partial charge in [-0.15, -0.1) is 11.3 Å². The predicted octanol–water partition coefficient (Wildman–Crippen LogP) is 5.47. The minimum atomic E-state index is 0.0126. The third-order valence-corrected chi connectivity index (χ3v) is 7.34. The van der Waals surface area contributed by atoms with Crippen LogP contribution < -0.4 is 14.8 Å². The van der Waals surface area contributed by atoms with Crippen molar-refractivity contribution in [2.24, 2.45) is 0 Å². The first kappa shape index (κ1) is 19.4. The van der Waals surface area contributed by atoms with E-state index in [4.69, 9.17) is 14.5 Å². The topological polar surface area (TPSA) is 76.2 Å². The fourth-order valence-electron chi connectivity index (χ4n) is 4.52. The number of imidazole rings is 1. The molecule has 6 nitrogen and oxygen atoms in total. The molecule has 0 radical (unpaired) electrons. The largest absolute Gasteiger partial charge is 0.454 e. The predicted molar refractivity (Wildman–Crippen MR) is 126 cm³/mol. The molecular weight excluding hydrogens is 422 g/mol. The van der Waals surface area contributed by atoms with Gasteiger partial charge in [0.05, 0.1) is 16.6 Å². The number of H-pyrrole nitrogens is 1. The number of amides is 1. The standard InChI is InChI=1S/C25H23N3O3S/c29-22(12-10-15-9-11-19-20(13-15)31-14-30-19)28-25-23(16-5-1-4-8-21(16)32-25)24-26-17-6-2-3-7-18(17)27-24/h2-3,6-7,9,11,13H,1,4-5,8,10,12,14H2,(H,26,27)(H,28,29). The minimum absolute atomic E-state index is 0.0126. The number of aromatic nitrogens is 2. The number of nitrogens with zero attached hydrogens (tertiary/aromatic N) is 1. The number of benzene rings is 2. The van der Waals surface area contributed by atoms with E-state index >= 15 is 0 Å². The number of nitrogens with one attached hydrogen (secondary N) is 2. The molecule has 2 aliphatic rings. The van der Waals surface area contributed by atoms with Gasteiger partial charge in [0.1, 0.15) is 10.8 Å². The average Bonchev–Trinajstić information content (AvgIpc) is 3.52. The Kier molecular flexibility index (Phi) is 4.83. The minimum Gasteiger partial charge on any atom is -0.454 e. The summed E-state index contributed by atoms with van der Waals surface area (Å²) in [6, 6.07) is 13.9. The van der Waals surface area contributed by atoms with E-state index in [1.54, 1.807) is 11.3 Å². The molecular formula is C25H23N3O3S. The number of aromatic amines is 1. The van der Waals surface area contributed by atoms with Crippen LogP contribution in [0.3, 0.4) is 0 Å². The maximum atomic E-state index is 12.9. The lowest BCUT2D eigenvalue weighted by Crippen LogP contribution is -2.12. The van der Waals surface area contributed by atoms with Gasteiger partial charge in [-0.1, -0.05) is 18.2 Å². The molecule has 1 amide bonds. The SMILES string of the molecule is O=C(CCc1ccc2c(c1)OCO2)Nc1sc2c(c1-c1nc3ccccc3[nH]1)CCCC2. The zero-order chi connectivity index (χ0) is 21.5. The van der Waals surface area contributed by atoms with Crippen molar-refractivity contribution in [2.75, 3.05) is 12.1 Å². The number of rotatable bonds is 5. The van der Waals surface area contributed by atoms with Gasteiger partial charge in [0.15, 0.2) is 11.5 Å². The molecule has 0 atom stereocenters. The Labute approximate surface area is 189 Å². The van der Waals surface area contributed by atoms with E-state index in [0.717, 1.165) is 57.3 Å². The lowest BCUT2D eigenvalue weighted by atomic mass is 9.95. The van der Waals surface area contributed by atoms with E-state index in [1.807, 2.05) is 42.5 Å². The monoisotopic (exact) mass is 445 g/mol. The molecule has 7 heteroatoms. The van der Waals surface area contributed by atoms with Gasteiger partial charge in [-0.3, -0.25) is 4.79 Å². The molecule has 0 unspecified atom stereocenters. The normalized spacial score (nSPS) is 14.5. The van der Waals surface area contributed by atoms with Crippen molar-refractivity contribution in [1.29, 1.82) is 0 Å². The lowest BCUT2D eigenvalue weighted by molar-refractivity contribution is -0.116. The summed E-state index contributed by atoms with van der Waals surface area (Å²) in [7, 11) is 0. The molecule has 3 heterocycles. The summed E-state index contributed by atoms with van der Waals surface area (Å²) >= 11 is 1.70. The van der Waals surface area contributed by atoms with Gasteiger partial charge in [0.25, 0.3) is 0 Å². The molecule has 0 bridgehead atoms. The summed E-state index contributed by atoms with van der Waals surface area (Å²) in [6.07, 6.45) is 5.53. The Balaban J connectivity index is 1.25. The van der Waals surface area contributed by atoms with Gasteiger partial charge in [-0.2, -0.15) is 0 Å². The molecule has 0 saturated heterocycles. The van der Waals surface area contributed by atoms with Crippen molar-refractivity contribution in [2.45, 2.75) is 38.5 Å². The van der Waals surface area contributed by atoms with Crippen molar-refractivity contribution >= 4 is 33.3 Å². The van der Waals surface area contributed by atoms with E-state index in [1.165, 1.54) is 23.3 Å². The summed E-state index contributed by atoms with van der Waals surface area (Å²) in [4.78, 5) is 22.6. The smallest absolute Gasteiger partial charge is 0.231 e. The fourth-order valence-corrected chi connectivity index (χ4v) is 5.83. The number of para-hydroxylation sites is 2. The van der Waals surface area contributed by atoms with Crippen LogP contribution in [-0.4, -0.2) is 22.7 Å². The van der Waals surface area contributed by atoms with Crippen LogP contribution in [0.4, 0.5) is 5.00 Å². The highest BCUT2D eigenvalue weighted by atomic mass is 32.1. The number of ether oxygens (including phenoxy) is 2. The fraction of sp³-hybridized carbons (Fsp3) is 0.280. The first-order valence-corrected chi connectivity index (χ1v) is 11.8. The van der Waals surface area contributed by atoms with Gasteiger partial charge in [-0.25, -0.2) is 4.98 Å². The second-order valence-corrected chi connectivity index (χ2v) is 9.36. The van der Waals surface area contributed by atoms with Crippen LogP contribution >= 0.6 is 11.3 Å². The summed E-state index contributed by atoms with van der Waals surface area (Å²) in [5.41, 5.74) is 5.42. The van der Waals surface area contributed by atoms with Crippen molar-refractivity contribution in [3.05, 3.63) is 58.5 Å². The Morgan fingerprint density at radius 2 is 1.97 bits per heavy atom. The lowest BCUT2D eigenvalue weighted by Gasteiger charge is -2.12. The van der Waals surface area contributed by atoms with Crippen LogP contribution in [0.1, 0.15) is 35.3 Å². The molecule has 4 aromatic rings. The Hall–Kier alpha value is -3.32. The van der Waals surface area contributed by atoms with Gasteiger partial charge in [0.2, 0.25) is 12.7 Å². The Bertz CT molecular complexity index is 1290. The highest BCUT2D eigenvalue weighted by Crippen LogP contribution is 2.43. The van der Waals surface area contributed by atoms with E-state index in [0.29, 0.717) is 12.8 Å². The summed E-state index contributed by atoms with van der Waals surface area (Å²) in [5, 5.41) is 4.11. The molecule has 6 rings (SSSR count). The highest BCUT2D eigenvalue weighted by molar-refractivity contribution is 7.17. The van der Waals surface area contributed by atoms with Crippen LogP contribution in [0.5, 0.6) is 11.5 Å². The van der Waals surface area contributed by atoms with Gasteiger partial charge in [-0.05, 0) is 67.5 Å². The average molecular weight is 446 g/mol. The summed E-state index contributed by atoms with van der Waals surface area (Å²) in [6.45, 7) is 0.257. The van der Waals surface area contributed by atoms with E-state index < -0.39 is 0 Å².